The summed E-state index contributed by atoms with van der Waals surface area (Å²) in [7, 11) is 0. The summed E-state index contributed by atoms with van der Waals surface area (Å²) in [5.41, 5.74) is 0. The molecule has 0 aromatic carbocycles. The molecular weight excluding hydrogens is 268 g/mol. The van der Waals surface area contributed by atoms with Gasteiger partial charge in [-0.3, -0.25) is 10.1 Å². The minimum atomic E-state index is -0.817. The van der Waals surface area contributed by atoms with Crippen LogP contribution in [0.25, 0.3) is 11.7 Å². The van der Waals surface area contributed by atoms with Crippen LogP contribution in [0.1, 0.15) is 6.92 Å². The summed E-state index contributed by atoms with van der Waals surface area (Å²) in [6, 6.07) is 2.53. The smallest absolute Gasteiger partial charge is 0.437 e. The molecule has 2 aromatic heterocycles. The van der Waals surface area contributed by atoms with Crippen LogP contribution in [0.3, 0.4) is 0 Å². The van der Waals surface area contributed by atoms with Crippen molar-refractivity contribution in [2.45, 2.75) is 13.5 Å². The Hall–Kier alpha value is -2.84. The molecule has 0 aliphatic heterocycles. The highest BCUT2D eigenvalue weighted by molar-refractivity contribution is 5.94. The summed E-state index contributed by atoms with van der Waals surface area (Å²) in [4.78, 5) is 34.1. The fourth-order valence-electron chi connectivity index (χ4n) is 1.41. The van der Waals surface area contributed by atoms with Crippen LogP contribution in [0.4, 0.5) is 4.79 Å². The Morgan fingerprint density at radius 2 is 2.25 bits per heavy atom. The van der Waals surface area contributed by atoms with E-state index in [0.29, 0.717) is 6.54 Å². The molecule has 0 fully saturated rings. The second-order valence-electron chi connectivity index (χ2n) is 3.72. The summed E-state index contributed by atoms with van der Waals surface area (Å²) in [6.45, 7) is 1.66. The van der Waals surface area contributed by atoms with E-state index in [2.05, 4.69) is 10.4 Å². The van der Waals surface area contributed by atoms with Crippen molar-refractivity contribution < 1.29 is 18.4 Å². The maximum atomic E-state index is 11.5. The van der Waals surface area contributed by atoms with Crippen molar-refractivity contribution in [2.24, 2.45) is 0 Å². The average Bonchev–Trinajstić information content (AvgIpc) is 3.00. The quantitative estimate of drug-likeness (QED) is 0.809. The number of hydrogen-bond donors (Lipinski definition) is 2. The van der Waals surface area contributed by atoms with Gasteiger partial charge in [0.15, 0.2) is 5.76 Å². The lowest BCUT2D eigenvalue weighted by Crippen LogP contribution is -2.41. The number of carbonyl (C=O) groups excluding carboxylic acids is 2. The molecule has 9 heteroatoms. The van der Waals surface area contributed by atoms with Crippen LogP contribution in [0, 0.1) is 0 Å². The molecule has 2 N–H and O–H groups in total. The van der Waals surface area contributed by atoms with Gasteiger partial charge in [-0.05, 0) is 19.1 Å². The summed E-state index contributed by atoms with van der Waals surface area (Å²) < 4.78 is 10.6. The van der Waals surface area contributed by atoms with Gasteiger partial charge in [0, 0.05) is 6.54 Å². The van der Waals surface area contributed by atoms with Crippen LogP contribution in [0.15, 0.2) is 32.0 Å². The molecular formula is C11H12N4O5. The van der Waals surface area contributed by atoms with E-state index >= 15 is 0 Å². The lowest BCUT2D eigenvalue weighted by molar-refractivity contribution is -0.120. The van der Waals surface area contributed by atoms with Crippen LogP contribution in [0.2, 0.25) is 0 Å². The Balaban J connectivity index is 2.05. The number of furan rings is 1. The van der Waals surface area contributed by atoms with Crippen LogP contribution >= 0.6 is 0 Å². The molecule has 2 heterocycles. The zero-order valence-corrected chi connectivity index (χ0v) is 10.6. The Kier molecular flexibility index (Phi) is 3.99. The maximum Gasteiger partial charge on any atom is 0.437 e. The minimum absolute atomic E-state index is 0.0363. The Labute approximate surface area is 112 Å². The first kappa shape index (κ1) is 13.6. The van der Waals surface area contributed by atoms with Gasteiger partial charge in [-0.15, -0.1) is 5.10 Å². The van der Waals surface area contributed by atoms with Crippen molar-refractivity contribution in [2.75, 3.05) is 6.54 Å². The number of carbonyl (C=O) groups is 2. The van der Waals surface area contributed by atoms with Gasteiger partial charge in [0.1, 0.15) is 6.54 Å². The maximum absolute atomic E-state index is 11.5. The number of imide groups is 1. The van der Waals surface area contributed by atoms with Crippen LogP contribution < -0.4 is 16.4 Å². The molecule has 0 atom stereocenters. The first-order valence-corrected chi connectivity index (χ1v) is 5.79. The SMILES string of the molecule is CCNC(=O)NC(=O)Cn1nc(-c2ccco2)oc1=O. The zero-order valence-electron chi connectivity index (χ0n) is 10.6. The number of amides is 3. The van der Waals surface area contributed by atoms with Crippen LogP contribution in [-0.2, 0) is 11.3 Å². The van der Waals surface area contributed by atoms with Gasteiger partial charge in [-0.2, -0.15) is 4.68 Å². The molecule has 106 valence electrons. The molecule has 0 radical (unpaired) electrons. The fourth-order valence-corrected chi connectivity index (χ4v) is 1.41. The Morgan fingerprint density at radius 3 is 2.90 bits per heavy atom. The van der Waals surface area contributed by atoms with E-state index in [0.717, 1.165) is 4.68 Å². The highest BCUT2D eigenvalue weighted by Crippen LogP contribution is 2.14. The molecule has 0 aliphatic rings. The predicted molar refractivity (Wildman–Crippen MR) is 65.7 cm³/mol. The minimum Gasteiger partial charge on any atom is -0.459 e. The largest absolute Gasteiger partial charge is 0.459 e. The average molecular weight is 280 g/mol. The van der Waals surface area contributed by atoms with Crippen molar-refractivity contribution in [3.63, 3.8) is 0 Å². The van der Waals surface area contributed by atoms with E-state index < -0.39 is 24.2 Å². The number of nitrogens with zero attached hydrogens (tertiary/aromatic N) is 2. The molecule has 0 unspecified atom stereocenters. The van der Waals surface area contributed by atoms with Crippen molar-refractivity contribution in [3.05, 3.63) is 28.9 Å². The number of hydrogen-bond acceptors (Lipinski definition) is 6. The molecule has 0 bridgehead atoms. The second-order valence-corrected chi connectivity index (χ2v) is 3.72. The number of aromatic nitrogens is 2. The summed E-state index contributed by atoms with van der Waals surface area (Å²) in [5, 5.41) is 8.23. The van der Waals surface area contributed by atoms with Gasteiger partial charge in [0.2, 0.25) is 5.91 Å². The fraction of sp³-hybridized carbons (Fsp3) is 0.273. The summed E-state index contributed by atoms with van der Waals surface area (Å²) >= 11 is 0. The second kappa shape index (κ2) is 5.87. The molecule has 0 aliphatic carbocycles. The highest BCUT2D eigenvalue weighted by atomic mass is 16.4. The Bertz CT molecular complexity index is 655. The van der Waals surface area contributed by atoms with Gasteiger partial charge in [-0.25, -0.2) is 9.59 Å². The molecule has 20 heavy (non-hydrogen) atoms. The molecule has 2 aromatic rings. The normalized spacial score (nSPS) is 10.2. The first-order valence-electron chi connectivity index (χ1n) is 5.79. The lowest BCUT2D eigenvalue weighted by Gasteiger charge is -2.03. The highest BCUT2D eigenvalue weighted by Gasteiger charge is 2.15. The van der Waals surface area contributed by atoms with E-state index in [-0.39, 0.29) is 11.7 Å². The third-order valence-corrected chi connectivity index (χ3v) is 2.22. The van der Waals surface area contributed by atoms with E-state index in [1.54, 1.807) is 19.1 Å². The molecule has 0 saturated carbocycles. The number of nitrogens with one attached hydrogen (secondary N) is 2. The standard InChI is InChI=1S/C11H12N4O5/c1-2-12-10(17)13-8(16)6-15-11(18)20-9(14-15)7-4-3-5-19-7/h3-5H,2,6H2,1H3,(H2,12,13,16,17). The molecule has 0 saturated heterocycles. The molecule has 9 nitrogen and oxygen atoms in total. The third kappa shape index (κ3) is 3.13. The molecule has 3 amide bonds. The summed E-state index contributed by atoms with van der Waals surface area (Å²) in [6.07, 6.45) is 1.40. The first-order chi connectivity index (χ1) is 9.60. The summed E-state index contributed by atoms with van der Waals surface area (Å²) in [5.74, 6) is -1.27. The van der Waals surface area contributed by atoms with E-state index in [1.165, 1.54) is 6.26 Å². The molecule has 2 rings (SSSR count). The van der Waals surface area contributed by atoms with Crippen molar-refractivity contribution in [1.82, 2.24) is 20.4 Å². The van der Waals surface area contributed by atoms with Crippen LogP contribution in [-0.4, -0.2) is 28.3 Å². The molecule has 0 spiro atoms. The predicted octanol–water partition coefficient (Wildman–Crippen LogP) is -0.0580. The van der Waals surface area contributed by atoms with Gasteiger partial charge in [0.25, 0.3) is 5.89 Å². The zero-order chi connectivity index (χ0) is 14.5. The van der Waals surface area contributed by atoms with Crippen molar-refractivity contribution >= 4 is 11.9 Å². The number of rotatable bonds is 4. The van der Waals surface area contributed by atoms with Gasteiger partial charge < -0.3 is 14.2 Å². The monoisotopic (exact) mass is 280 g/mol. The van der Waals surface area contributed by atoms with Gasteiger partial charge in [0.05, 0.1) is 6.26 Å². The van der Waals surface area contributed by atoms with E-state index in [9.17, 15) is 14.4 Å². The lowest BCUT2D eigenvalue weighted by atomic mass is 10.5. The van der Waals surface area contributed by atoms with E-state index in [4.69, 9.17) is 8.83 Å². The topological polar surface area (TPSA) is 119 Å². The van der Waals surface area contributed by atoms with Crippen LogP contribution in [0.5, 0.6) is 0 Å². The van der Waals surface area contributed by atoms with E-state index in [1.807, 2.05) is 5.32 Å². The third-order valence-electron chi connectivity index (χ3n) is 2.22. The van der Waals surface area contributed by atoms with Crippen molar-refractivity contribution in [1.29, 1.82) is 0 Å². The Morgan fingerprint density at radius 1 is 1.45 bits per heavy atom. The number of urea groups is 1. The van der Waals surface area contributed by atoms with Gasteiger partial charge >= 0.3 is 11.8 Å². The van der Waals surface area contributed by atoms with Gasteiger partial charge in [-0.1, -0.05) is 0 Å². The van der Waals surface area contributed by atoms with Crippen molar-refractivity contribution in [3.8, 4) is 11.7 Å².